The molecule has 1 fully saturated rings. The summed E-state index contributed by atoms with van der Waals surface area (Å²) in [4.78, 5) is 16.8. The van der Waals surface area contributed by atoms with E-state index in [0.29, 0.717) is 24.0 Å². The first-order valence-electron chi connectivity index (χ1n) is 9.32. The number of carbonyl (C=O) groups excluding carboxylic acids is 1. The standard InChI is InChI=1S/C21H26N2O3S/c1-25-18-10-8-15(12-19(18)26-2)9-11-20(24)22-13-21-23-17(14-27-21)16-6-4-3-5-7-16/h8-12,14,16H,3-7,13H2,1-2H3,(H,22,24)/b11-9+. The van der Waals surface area contributed by atoms with Gasteiger partial charge in [0.1, 0.15) is 5.01 Å². The van der Waals surface area contributed by atoms with Gasteiger partial charge in [-0.15, -0.1) is 11.3 Å². The summed E-state index contributed by atoms with van der Waals surface area (Å²) < 4.78 is 10.5. The second-order valence-electron chi connectivity index (χ2n) is 6.67. The van der Waals surface area contributed by atoms with E-state index in [-0.39, 0.29) is 5.91 Å². The summed E-state index contributed by atoms with van der Waals surface area (Å²) in [7, 11) is 3.19. The van der Waals surface area contributed by atoms with Crippen molar-refractivity contribution in [2.45, 2.75) is 44.6 Å². The molecule has 1 saturated carbocycles. The maximum Gasteiger partial charge on any atom is 0.244 e. The second-order valence-corrected chi connectivity index (χ2v) is 7.61. The molecule has 1 aromatic carbocycles. The molecule has 6 heteroatoms. The molecule has 27 heavy (non-hydrogen) atoms. The van der Waals surface area contributed by atoms with Crippen LogP contribution in [0.15, 0.2) is 29.7 Å². The number of nitrogens with one attached hydrogen (secondary N) is 1. The lowest BCUT2D eigenvalue weighted by Gasteiger charge is -2.19. The van der Waals surface area contributed by atoms with Crippen molar-refractivity contribution in [3.8, 4) is 11.5 Å². The predicted molar refractivity (Wildman–Crippen MR) is 108 cm³/mol. The maximum absolute atomic E-state index is 12.1. The zero-order valence-electron chi connectivity index (χ0n) is 15.9. The molecule has 1 aliphatic carbocycles. The molecule has 2 aromatic rings. The fraction of sp³-hybridized carbons (Fsp3) is 0.429. The summed E-state index contributed by atoms with van der Waals surface area (Å²) in [5, 5.41) is 6.01. The van der Waals surface area contributed by atoms with E-state index in [4.69, 9.17) is 14.5 Å². The Morgan fingerprint density at radius 2 is 2.00 bits per heavy atom. The minimum absolute atomic E-state index is 0.140. The molecule has 1 amide bonds. The Bertz CT molecular complexity index is 794. The Morgan fingerprint density at radius 1 is 1.22 bits per heavy atom. The van der Waals surface area contributed by atoms with Crippen molar-refractivity contribution in [3.63, 3.8) is 0 Å². The first-order chi connectivity index (χ1) is 13.2. The number of methoxy groups -OCH3 is 2. The normalized spacial score (nSPS) is 15.0. The Balaban J connectivity index is 1.52. The molecule has 0 spiro atoms. The molecule has 1 aromatic heterocycles. The number of rotatable bonds is 7. The average Bonchev–Trinajstić information content (AvgIpc) is 3.20. The predicted octanol–water partition coefficient (Wildman–Crippen LogP) is 4.54. The van der Waals surface area contributed by atoms with Gasteiger partial charge in [0.05, 0.1) is 26.5 Å². The second kappa shape index (κ2) is 9.55. The monoisotopic (exact) mass is 386 g/mol. The van der Waals surface area contributed by atoms with E-state index >= 15 is 0 Å². The molecule has 5 nitrogen and oxygen atoms in total. The van der Waals surface area contributed by atoms with E-state index < -0.39 is 0 Å². The van der Waals surface area contributed by atoms with Crippen LogP contribution in [0, 0.1) is 0 Å². The van der Waals surface area contributed by atoms with Crippen molar-refractivity contribution in [1.29, 1.82) is 0 Å². The lowest BCUT2D eigenvalue weighted by molar-refractivity contribution is -0.116. The Morgan fingerprint density at radius 3 is 2.74 bits per heavy atom. The molecule has 0 bridgehead atoms. The molecule has 0 saturated heterocycles. The number of amides is 1. The topological polar surface area (TPSA) is 60.5 Å². The van der Waals surface area contributed by atoms with Gasteiger partial charge in [-0.1, -0.05) is 25.3 Å². The molecule has 0 atom stereocenters. The van der Waals surface area contributed by atoms with Crippen LogP contribution in [-0.4, -0.2) is 25.1 Å². The summed E-state index contributed by atoms with van der Waals surface area (Å²) in [5.74, 6) is 1.76. The fourth-order valence-electron chi connectivity index (χ4n) is 3.34. The smallest absolute Gasteiger partial charge is 0.244 e. The van der Waals surface area contributed by atoms with E-state index in [9.17, 15) is 4.79 Å². The molecule has 0 radical (unpaired) electrons. The van der Waals surface area contributed by atoms with Crippen LogP contribution in [0.25, 0.3) is 6.08 Å². The maximum atomic E-state index is 12.1. The SMILES string of the molecule is COc1ccc(/C=C/C(=O)NCc2nc(C3CCCCC3)cs2)cc1OC. The number of aromatic nitrogens is 1. The molecular weight excluding hydrogens is 360 g/mol. The molecule has 1 aliphatic rings. The van der Waals surface area contributed by atoms with Gasteiger partial charge in [0, 0.05) is 17.4 Å². The van der Waals surface area contributed by atoms with Crippen LogP contribution >= 0.6 is 11.3 Å². The van der Waals surface area contributed by atoms with Gasteiger partial charge in [-0.25, -0.2) is 4.98 Å². The zero-order chi connectivity index (χ0) is 19.1. The fourth-order valence-corrected chi connectivity index (χ4v) is 4.16. The Labute approximate surface area is 164 Å². The van der Waals surface area contributed by atoms with E-state index in [1.54, 1.807) is 31.6 Å². The van der Waals surface area contributed by atoms with Crippen molar-refractivity contribution >= 4 is 23.3 Å². The highest BCUT2D eigenvalue weighted by atomic mass is 32.1. The molecule has 1 N–H and O–H groups in total. The number of carbonyl (C=O) groups is 1. The Hall–Kier alpha value is -2.34. The molecule has 0 unspecified atom stereocenters. The minimum Gasteiger partial charge on any atom is -0.493 e. The number of nitrogens with zero attached hydrogens (tertiary/aromatic N) is 1. The molecule has 0 aliphatic heterocycles. The van der Waals surface area contributed by atoms with E-state index in [1.807, 2.05) is 18.2 Å². The lowest BCUT2D eigenvalue weighted by atomic mass is 9.87. The van der Waals surface area contributed by atoms with Crippen molar-refractivity contribution in [3.05, 3.63) is 45.9 Å². The van der Waals surface area contributed by atoms with Crippen LogP contribution in [0.1, 0.15) is 54.3 Å². The van der Waals surface area contributed by atoms with Gasteiger partial charge in [-0.05, 0) is 36.6 Å². The molecule has 3 rings (SSSR count). The van der Waals surface area contributed by atoms with Crippen molar-refractivity contribution in [2.75, 3.05) is 14.2 Å². The van der Waals surface area contributed by atoms with Crippen LogP contribution in [0.4, 0.5) is 0 Å². The van der Waals surface area contributed by atoms with Crippen LogP contribution in [0.2, 0.25) is 0 Å². The van der Waals surface area contributed by atoms with Crippen molar-refractivity contribution in [2.24, 2.45) is 0 Å². The highest BCUT2D eigenvalue weighted by Gasteiger charge is 2.18. The van der Waals surface area contributed by atoms with Crippen molar-refractivity contribution < 1.29 is 14.3 Å². The number of ether oxygens (including phenoxy) is 2. The quantitative estimate of drug-likeness (QED) is 0.710. The zero-order valence-corrected chi connectivity index (χ0v) is 16.7. The Kier molecular flexibility index (Phi) is 6.87. The van der Waals surface area contributed by atoms with Crippen LogP contribution in [0.5, 0.6) is 11.5 Å². The van der Waals surface area contributed by atoms with E-state index in [0.717, 1.165) is 10.6 Å². The molecule has 1 heterocycles. The molecular formula is C21H26N2O3S. The summed E-state index contributed by atoms with van der Waals surface area (Å²) in [6.45, 7) is 0.465. The largest absolute Gasteiger partial charge is 0.493 e. The summed E-state index contributed by atoms with van der Waals surface area (Å²) in [6.07, 6.45) is 9.71. The van der Waals surface area contributed by atoms with Crippen LogP contribution in [0.3, 0.4) is 0 Å². The number of thiazole rings is 1. The first-order valence-corrected chi connectivity index (χ1v) is 10.2. The number of benzene rings is 1. The number of hydrogen-bond donors (Lipinski definition) is 1. The summed E-state index contributed by atoms with van der Waals surface area (Å²) >= 11 is 1.63. The summed E-state index contributed by atoms with van der Waals surface area (Å²) in [6, 6.07) is 5.53. The highest BCUT2D eigenvalue weighted by Crippen LogP contribution is 2.33. The van der Waals surface area contributed by atoms with E-state index in [2.05, 4.69) is 10.7 Å². The van der Waals surface area contributed by atoms with Crippen molar-refractivity contribution in [1.82, 2.24) is 10.3 Å². The average molecular weight is 387 g/mol. The van der Waals surface area contributed by atoms with Gasteiger partial charge in [0.25, 0.3) is 0 Å². The first kappa shape index (κ1) is 19.4. The highest BCUT2D eigenvalue weighted by molar-refractivity contribution is 7.09. The third-order valence-corrected chi connectivity index (χ3v) is 5.71. The van der Waals surface area contributed by atoms with Gasteiger partial charge in [-0.2, -0.15) is 0 Å². The van der Waals surface area contributed by atoms with Gasteiger partial charge >= 0.3 is 0 Å². The van der Waals surface area contributed by atoms with Gasteiger partial charge in [0.2, 0.25) is 5.91 Å². The minimum atomic E-state index is -0.140. The van der Waals surface area contributed by atoms with Gasteiger partial charge < -0.3 is 14.8 Å². The third kappa shape index (κ3) is 5.32. The van der Waals surface area contributed by atoms with Crippen LogP contribution in [-0.2, 0) is 11.3 Å². The van der Waals surface area contributed by atoms with E-state index in [1.165, 1.54) is 43.9 Å². The number of hydrogen-bond acceptors (Lipinski definition) is 5. The van der Waals surface area contributed by atoms with Gasteiger partial charge in [-0.3, -0.25) is 4.79 Å². The summed E-state index contributed by atoms with van der Waals surface area (Å²) in [5.41, 5.74) is 2.07. The lowest BCUT2D eigenvalue weighted by Crippen LogP contribution is -2.20. The third-order valence-electron chi connectivity index (χ3n) is 4.84. The molecule has 144 valence electrons. The van der Waals surface area contributed by atoms with Gasteiger partial charge in [0.15, 0.2) is 11.5 Å². The van der Waals surface area contributed by atoms with Crippen LogP contribution < -0.4 is 14.8 Å².